The van der Waals surface area contributed by atoms with Gasteiger partial charge in [0.2, 0.25) is 5.91 Å². The van der Waals surface area contributed by atoms with Crippen molar-refractivity contribution >= 4 is 28.7 Å². The molecule has 2 heterocycles. The van der Waals surface area contributed by atoms with Crippen LogP contribution in [0.15, 0.2) is 42.5 Å². The number of imidazole rings is 1. The van der Waals surface area contributed by atoms with Crippen LogP contribution in [0.1, 0.15) is 30.3 Å². The number of rotatable bonds is 7. The Bertz CT molecular complexity index is 955. The van der Waals surface area contributed by atoms with Crippen molar-refractivity contribution in [1.82, 2.24) is 15.3 Å². The number of carbonyl (C=O) groups is 1. The smallest absolute Gasteiger partial charge is 0.225 e. The molecule has 1 amide bonds. The fourth-order valence-electron chi connectivity index (χ4n) is 3.40. The summed E-state index contributed by atoms with van der Waals surface area (Å²) >= 11 is 1.76. The number of fused-ring (bicyclic) bond motifs is 2. The van der Waals surface area contributed by atoms with Gasteiger partial charge in [0.05, 0.1) is 36.7 Å². The first-order valence-corrected chi connectivity index (χ1v) is 11.2. The zero-order valence-electron chi connectivity index (χ0n) is 16.4. The number of aromatic amines is 1. The quantitative estimate of drug-likeness (QED) is 0.617. The summed E-state index contributed by atoms with van der Waals surface area (Å²) < 4.78 is 11.4. The molecule has 2 N–H and O–H groups in total. The van der Waals surface area contributed by atoms with Crippen LogP contribution in [0.2, 0.25) is 0 Å². The van der Waals surface area contributed by atoms with E-state index < -0.39 is 0 Å². The maximum absolute atomic E-state index is 12.8. The maximum Gasteiger partial charge on any atom is 0.225 e. The summed E-state index contributed by atoms with van der Waals surface area (Å²) in [6.07, 6.45) is 4.02. The Kier molecular flexibility index (Phi) is 6.24. The van der Waals surface area contributed by atoms with Gasteiger partial charge in [0.15, 0.2) is 11.5 Å². The molecular formula is C22H25N3O3S. The van der Waals surface area contributed by atoms with E-state index in [2.05, 4.69) is 21.5 Å². The van der Waals surface area contributed by atoms with Gasteiger partial charge in [-0.2, -0.15) is 11.8 Å². The number of thioether (sulfide) groups is 1. The molecule has 0 spiro atoms. The largest absolute Gasteiger partial charge is 0.490 e. The summed E-state index contributed by atoms with van der Waals surface area (Å²) in [5, 5.41) is 3.15. The first kappa shape index (κ1) is 19.6. The summed E-state index contributed by atoms with van der Waals surface area (Å²) in [6, 6.07) is 13.5. The number of amides is 1. The minimum absolute atomic E-state index is 0.0361. The number of para-hydroxylation sites is 2. The molecule has 0 aliphatic carbocycles. The summed E-state index contributed by atoms with van der Waals surface area (Å²) in [6.45, 7) is 1.28. The summed E-state index contributed by atoms with van der Waals surface area (Å²) in [5.74, 6) is 3.15. The van der Waals surface area contributed by atoms with Gasteiger partial charge in [-0.25, -0.2) is 4.98 Å². The van der Waals surface area contributed by atoms with E-state index in [9.17, 15) is 4.79 Å². The molecule has 7 heteroatoms. The van der Waals surface area contributed by atoms with Gasteiger partial charge in [-0.3, -0.25) is 4.79 Å². The van der Waals surface area contributed by atoms with Crippen LogP contribution in [-0.4, -0.2) is 41.1 Å². The molecule has 0 radical (unpaired) electrons. The molecule has 0 fully saturated rings. The first-order valence-electron chi connectivity index (χ1n) is 9.84. The van der Waals surface area contributed by atoms with Gasteiger partial charge in [-0.1, -0.05) is 18.2 Å². The number of carbonyl (C=O) groups excluding carboxylic acids is 1. The van der Waals surface area contributed by atoms with E-state index in [1.165, 1.54) is 0 Å². The zero-order chi connectivity index (χ0) is 20.1. The zero-order valence-corrected chi connectivity index (χ0v) is 17.3. The lowest BCUT2D eigenvalue weighted by Gasteiger charge is -2.17. The van der Waals surface area contributed by atoms with E-state index in [1.54, 1.807) is 11.8 Å². The number of H-pyrrole nitrogens is 1. The highest BCUT2D eigenvalue weighted by molar-refractivity contribution is 7.98. The van der Waals surface area contributed by atoms with Crippen molar-refractivity contribution in [1.29, 1.82) is 0 Å². The van der Waals surface area contributed by atoms with Crippen molar-refractivity contribution in [3.05, 3.63) is 53.9 Å². The number of hydrogen-bond donors (Lipinski definition) is 2. The number of nitrogens with zero attached hydrogens (tertiary/aromatic N) is 1. The second-order valence-electron chi connectivity index (χ2n) is 7.05. The van der Waals surface area contributed by atoms with Crippen molar-refractivity contribution in [2.75, 3.05) is 25.2 Å². The van der Waals surface area contributed by atoms with Gasteiger partial charge < -0.3 is 19.8 Å². The monoisotopic (exact) mass is 411 g/mol. The molecular weight excluding hydrogens is 386 g/mol. The number of ether oxygens (including phenoxy) is 2. The van der Waals surface area contributed by atoms with Crippen molar-refractivity contribution in [3.63, 3.8) is 0 Å². The van der Waals surface area contributed by atoms with Gasteiger partial charge in [-0.15, -0.1) is 0 Å². The van der Waals surface area contributed by atoms with Crippen LogP contribution in [0, 0.1) is 0 Å². The van der Waals surface area contributed by atoms with Crippen LogP contribution in [-0.2, 0) is 11.2 Å². The van der Waals surface area contributed by atoms with Crippen LogP contribution in [0.5, 0.6) is 11.5 Å². The molecule has 0 saturated heterocycles. The fourth-order valence-corrected chi connectivity index (χ4v) is 3.87. The van der Waals surface area contributed by atoms with Crippen molar-refractivity contribution in [3.8, 4) is 11.5 Å². The Morgan fingerprint density at radius 3 is 2.86 bits per heavy atom. The van der Waals surface area contributed by atoms with E-state index in [1.807, 2.05) is 42.5 Å². The van der Waals surface area contributed by atoms with Gasteiger partial charge >= 0.3 is 0 Å². The Balaban J connectivity index is 1.47. The Morgan fingerprint density at radius 2 is 2.03 bits per heavy atom. The van der Waals surface area contributed by atoms with E-state index in [0.717, 1.165) is 46.8 Å². The topological polar surface area (TPSA) is 76.2 Å². The molecule has 1 atom stereocenters. The molecule has 152 valence electrons. The van der Waals surface area contributed by atoms with Crippen molar-refractivity contribution in [2.24, 2.45) is 0 Å². The third-order valence-electron chi connectivity index (χ3n) is 4.86. The lowest BCUT2D eigenvalue weighted by molar-refractivity contribution is -0.121. The Hall–Kier alpha value is -2.67. The molecule has 0 saturated carbocycles. The highest BCUT2D eigenvalue weighted by atomic mass is 32.2. The lowest BCUT2D eigenvalue weighted by atomic mass is 10.1. The normalized spacial score (nSPS) is 14.4. The van der Waals surface area contributed by atoms with Crippen LogP contribution in [0.25, 0.3) is 11.0 Å². The van der Waals surface area contributed by atoms with Crippen LogP contribution in [0.4, 0.5) is 0 Å². The van der Waals surface area contributed by atoms with E-state index in [-0.39, 0.29) is 18.4 Å². The third kappa shape index (κ3) is 4.85. The average Bonchev–Trinajstić information content (AvgIpc) is 3.02. The maximum atomic E-state index is 12.8. The SMILES string of the molecule is CSCC[C@@H](NC(=O)Cc1ccc2c(c1)OCCCO2)c1nc2ccccc2[nH]1. The second kappa shape index (κ2) is 9.22. The van der Waals surface area contributed by atoms with Crippen LogP contribution in [0.3, 0.4) is 0 Å². The molecule has 2 aromatic carbocycles. The number of hydrogen-bond acceptors (Lipinski definition) is 5. The Morgan fingerprint density at radius 1 is 1.21 bits per heavy atom. The van der Waals surface area contributed by atoms with Gasteiger partial charge in [0.1, 0.15) is 5.82 Å². The van der Waals surface area contributed by atoms with Gasteiger partial charge in [0.25, 0.3) is 0 Å². The highest BCUT2D eigenvalue weighted by Crippen LogP contribution is 2.30. The molecule has 3 aromatic rings. The molecule has 6 nitrogen and oxygen atoms in total. The predicted molar refractivity (Wildman–Crippen MR) is 116 cm³/mol. The summed E-state index contributed by atoms with van der Waals surface area (Å²) in [5.41, 5.74) is 2.79. The molecule has 1 aromatic heterocycles. The molecule has 0 unspecified atom stereocenters. The molecule has 4 rings (SSSR count). The number of benzene rings is 2. The summed E-state index contributed by atoms with van der Waals surface area (Å²) in [4.78, 5) is 20.8. The molecule has 29 heavy (non-hydrogen) atoms. The Labute approximate surface area is 174 Å². The minimum Gasteiger partial charge on any atom is -0.490 e. The molecule has 1 aliphatic heterocycles. The van der Waals surface area contributed by atoms with E-state index in [0.29, 0.717) is 19.0 Å². The standard InChI is InChI=1S/C22H25N3O3S/c1-29-12-9-18(22-24-16-5-2-3-6-17(16)25-22)23-21(26)14-15-7-8-19-20(13-15)28-11-4-10-27-19/h2-3,5-8,13,18H,4,9-12,14H2,1H3,(H,23,26)(H,24,25)/t18-/m1/s1. The minimum atomic E-state index is -0.150. The summed E-state index contributed by atoms with van der Waals surface area (Å²) in [7, 11) is 0. The highest BCUT2D eigenvalue weighted by Gasteiger charge is 2.19. The van der Waals surface area contributed by atoms with Crippen LogP contribution >= 0.6 is 11.8 Å². The van der Waals surface area contributed by atoms with Crippen molar-refractivity contribution in [2.45, 2.75) is 25.3 Å². The average molecular weight is 412 g/mol. The first-order chi connectivity index (χ1) is 14.2. The van der Waals surface area contributed by atoms with E-state index in [4.69, 9.17) is 9.47 Å². The van der Waals surface area contributed by atoms with Crippen molar-refractivity contribution < 1.29 is 14.3 Å². The fraction of sp³-hybridized carbons (Fsp3) is 0.364. The molecule has 0 bridgehead atoms. The molecule has 1 aliphatic rings. The lowest BCUT2D eigenvalue weighted by Crippen LogP contribution is -2.31. The number of aromatic nitrogens is 2. The predicted octanol–water partition coefficient (Wildman–Crippen LogP) is 3.88. The van der Waals surface area contributed by atoms with Gasteiger partial charge in [0, 0.05) is 6.42 Å². The second-order valence-corrected chi connectivity index (χ2v) is 8.03. The third-order valence-corrected chi connectivity index (χ3v) is 5.50. The number of nitrogens with one attached hydrogen (secondary N) is 2. The van der Waals surface area contributed by atoms with Crippen LogP contribution < -0.4 is 14.8 Å². The van der Waals surface area contributed by atoms with Gasteiger partial charge in [-0.05, 0) is 48.3 Å². The van der Waals surface area contributed by atoms with E-state index >= 15 is 0 Å².